The molecule has 0 aliphatic heterocycles. The van der Waals surface area contributed by atoms with Crippen LogP contribution in [0, 0.1) is 5.41 Å². The van der Waals surface area contributed by atoms with E-state index in [0.29, 0.717) is 0 Å². The Kier molecular flexibility index (Phi) is 4.37. The first-order chi connectivity index (χ1) is 7.92. The number of oxime groups is 1. The number of nitrogens with zero attached hydrogens (tertiary/aromatic N) is 2. The highest BCUT2D eigenvalue weighted by molar-refractivity contribution is 5.91. The summed E-state index contributed by atoms with van der Waals surface area (Å²) in [6.45, 7) is 3.78. The summed E-state index contributed by atoms with van der Waals surface area (Å²) >= 11 is 0. The Balaban J connectivity index is 2.74. The zero-order chi connectivity index (χ0) is 13.1. The maximum Gasteiger partial charge on any atom is 0.228 e. The van der Waals surface area contributed by atoms with Crippen molar-refractivity contribution in [1.29, 1.82) is 0 Å². The summed E-state index contributed by atoms with van der Waals surface area (Å²) in [5.41, 5.74) is 5.25. The molecule has 1 atom stereocenters. The molecule has 1 saturated carbocycles. The summed E-state index contributed by atoms with van der Waals surface area (Å²) in [5, 5.41) is 11.6. The van der Waals surface area contributed by atoms with Gasteiger partial charge in [-0.25, -0.2) is 0 Å². The number of carbonyl (C=O) groups is 1. The number of hydrogen-bond donors (Lipinski definition) is 2. The van der Waals surface area contributed by atoms with Crippen LogP contribution in [0.3, 0.4) is 0 Å². The van der Waals surface area contributed by atoms with Crippen LogP contribution >= 0.6 is 0 Å². The Bertz CT molecular complexity index is 309. The van der Waals surface area contributed by atoms with E-state index in [1.54, 1.807) is 18.9 Å². The number of likely N-dealkylation sites (N-methyl/N-ethyl adjacent to an activating group) is 1. The number of carbonyl (C=O) groups excluding carboxylic acids is 1. The summed E-state index contributed by atoms with van der Waals surface area (Å²) in [5.74, 6) is 0.163. The van der Waals surface area contributed by atoms with Crippen molar-refractivity contribution < 1.29 is 10.0 Å². The summed E-state index contributed by atoms with van der Waals surface area (Å²) in [7, 11) is 1.71. The third-order valence-electron chi connectivity index (χ3n) is 3.92. The molecule has 1 rings (SSSR count). The molecule has 1 aliphatic rings. The molecular formula is C12H23N3O2. The van der Waals surface area contributed by atoms with Crippen LogP contribution in [-0.2, 0) is 4.79 Å². The molecule has 5 nitrogen and oxygen atoms in total. The summed E-state index contributed by atoms with van der Waals surface area (Å²) in [6, 6.07) is -0.369. The van der Waals surface area contributed by atoms with Crippen LogP contribution in [0.5, 0.6) is 0 Å². The van der Waals surface area contributed by atoms with Crippen molar-refractivity contribution in [1.82, 2.24) is 4.90 Å². The van der Waals surface area contributed by atoms with E-state index >= 15 is 0 Å². The van der Waals surface area contributed by atoms with Gasteiger partial charge < -0.3 is 15.8 Å². The third-order valence-corrected chi connectivity index (χ3v) is 3.92. The number of amidine groups is 1. The van der Waals surface area contributed by atoms with Crippen molar-refractivity contribution in [2.45, 2.75) is 52.0 Å². The van der Waals surface area contributed by atoms with Gasteiger partial charge in [-0.3, -0.25) is 4.79 Å². The van der Waals surface area contributed by atoms with E-state index < -0.39 is 0 Å². The van der Waals surface area contributed by atoms with E-state index in [-0.39, 0.29) is 23.2 Å². The number of rotatable bonds is 3. The van der Waals surface area contributed by atoms with Gasteiger partial charge in [-0.15, -0.1) is 0 Å². The van der Waals surface area contributed by atoms with Gasteiger partial charge in [0.05, 0.1) is 6.04 Å². The molecule has 1 fully saturated rings. The maximum absolute atomic E-state index is 12.4. The Morgan fingerprint density at radius 2 is 1.94 bits per heavy atom. The first-order valence-corrected chi connectivity index (χ1v) is 6.17. The predicted octanol–water partition coefficient (Wildman–Crippen LogP) is 1.55. The van der Waals surface area contributed by atoms with Gasteiger partial charge in [-0.05, 0) is 19.8 Å². The van der Waals surface area contributed by atoms with Gasteiger partial charge in [0.15, 0.2) is 5.84 Å². The molecule has 17 heavy (non-hydrogen) atoms. The SMILES string of the molecule is CC(C(N)=NO)N(C)C(=O)C1(C)CCCCC1. The fourth-order valence-electron chi connectivity index (χ4n) is 2.43. The number of nitrogens with two attached hydrogens (primary N) is 1. The first-order valence-electron chi connectivity index (χ1n) is 6.17. The molecule has 0 radical (unpaired) electrons. The third kappa shape index (κ3) is 2.90. The molecule has 0 aromatic heterocycles. The number of hydrogen-bond acceptors (Lipinski definition) is 3. The van der Waals surface area contributed by atoms with E-state index in [1.165, 1.54) is 6.42 Å². The second kappa shape index (κ2) is 5.38. The van der Waals surface area contributed by atoms with Crippen LogP contribution in [0.25, 0.3) is 0 Å². The molecule has 0 heterocycles. The average Bonchev–Trinajstić information content (AvgIpc) is 2.36. The lowest BCUT2D eigenvalue weighted by Gasteiger charge is -2.37. The predicted molar refractivity (Wildman–Crippen MR) is 66.8 cm³/mol. The van der Waals surface area contributed by atoms with Crippen LogP contribution in [0.1, 0.15) is 46.0 Å². The molecule has 1 aliphatic carbocycles. The summed E-state index contributed by atoms with van der Waals surface area (Å²) in [6.07, 6.45) is 5.28. The van der Waals surface area contributed by atoms with E-state index in [1.807, 2.05) is 6.92 Å². The minimum Gasteiger partial charge on any atom is -0.409 e. The lowest BCUT2D eigenvalue weighted by Crippen LogP contribution is -2.49. The van der Waals surface area contributed by atoms with E-state index in [9.17, 15) is 4.79 Å². The summed E-state index contributed by atoms with van der Waals surface area (Å²) < 4.78 is 0. The second-order valence-corrected chi connectivity index (χ2v) is 5.24. The molecule has 5 heteroatoms. The van der Waals surface area contributed by atoms with Crippen LogP contribution in [0.2, 0.25) is 0 Å². The molecule has 0 aromatic rings. The molecule has 1 unspecified atom stereocenters. The van der Waals surface area contributed by atoms with Crippen LogP contribution in [0.15, 0.2) is 5.16 Å². The first kappa shape index (κ1) is 13.8. The zero-order valence-electron chi connectivity index (χ0n) is 10.9. The van der Waals surface area contributed by atoms with Gasteiger partial charge in [0.25, 0.3) is 0 Å². The van der Waals surface area contributed by atoms with Crippen LogP contribution < -0.4 is 5.73 Å². The second-order valence-electron chi connectivity index (χ2n) is 5.24. The quantitative estimate of drug-likeness (QED) is 0.340. The molecule has 0 bridgehead atoms. The summed E-state index contributed by atoms with van der Waals surface area (Å²) in [4.78, 5) is 14.0. The molecule has 3 N–H and O–H groups in total. The lowest BCUT2D eigenvalue weighted by atomic mass is 9.74. The van der Waals surface area contributed by atoms with Gasteiger partial charge in [-0.2, -0.15) is 0 Å². The Morgan fingerprint density at radius 1 is 1.41 bits per heavy atom. The van der Waals surface area contributed by atoms with E-state index in [2.05, 4.69) is 5.16 Å². The topological polar surface area (TPSA) is 78.9 Å². The van der Waals surface area contributed by atoms with Crippen molar-refractivity contribution in [3.05, 3.63) is 0 Å². The van der Waals surface area contributed by atoms with Crippen molar-refractivity contribution in [2.24, 2.45) is 16.3 Å². The van der Waals surface area contributed by atoms with Gasteiger partial charge in [-0.1, -0.05) is 31.3 Å². The average molecular weight is 241 g/mol. The Morgan fingerprint density at radius 3 is 2.41 bits per heavy atom. The maximum atomic E-state index is 12.4. The van der Waals surface area contributed by atoms with E-state index in [4.69, 9.17) is 10.9 Å². The van der Waals surface area contributed by atoms with Crippen LogP contribution in [-0.4, -0.2) is 34.9 Å². The number of amides is 1. The van der Waals surface area contributed by atoms with Gasteiger partial charge in [0, 0.05) is 12.5 Å². The largest absolute Gasteiger partial charge is 0.409 e. The lowest BCUT2D eigenvalue weighted by molar-refractivity contribution is -0.142. The van der Waals surface area contributed by atoms with Crippen molar-refractivity contribution in [3.8, 4) is 0 Å². The molecule has 0 spiro atoms. The van der Waals surface area contributed by atoms with Crippen LogP contribution in [0.4, 0.5) is 0 Å². The Hall–Kier alpha value is -1.26. The fraction of sp³-hybridized carbons (Fsp3) is 0.833. The minimum absolute atomic E-state index is 0.0697. The normalized spacial score (nSPS) is 21.9. The van der Waals surface area contributed by atoms with Gasteiger partial charge in [0.2, 0.25) is 5.91 Å². The van der Waals surface area contributed by atoms with E-state index in [0.717, 1.165) is 25.7 Å². The standard InChI is InChI=1S/C12H23N3O2/c1-9(10(13)14-17)15(3)11(16)12(2)7-5-4-6-8-12/h9,17H,4-8H2,1-3H3,(H2,13,14). The zero-order valence-corrected chi connectivity index (χ0v) is 10.9. The van der Waals surface area contributed by atoms with Crippen molar-refractivity contribution >= 4 is 11.7 Å². The van der Waals surface area contributed by atoms with Crippen molar-refractivity contribution in [3.63, 3.8) is 0 Å². The van der Waals surface area contributed by atoms with Gasteiger partial charge in [0.1, 0.15) is 0 Å². The highest BCUT2D eigenvalue weighted by Gasteiger charge is 2.38. The Labute approximate surface area is 103 Å². The molecule has 0 saturated heterocycles. The van der Waals surface area contributed by atoms with Gasteiger partial charge >= 0.3 is 0 Å². The highest BCUT2D eigenvalue weighted by Crippen LogP contribution is 2.37. The fourth-order valence-corrected chi connectivity index (χ4v) is 2.43. The molecule has 1 amide bonds. The van der Waals surface area contributed by atoms with Crippen molar-refractivity contribution in [2.75, 3.05) is 7.05 Å². The minimum atomic E-state index is -0.369. The monoisotopic (exact) mass is 241 g/mol. The molecule has 0 aromatic carbocycles. The molecule has 98 valence electrons. The smallest absolute Gasteiger partial charge is 0.228 e. The highest BCUT2D eigenvalue weighted by atomic mass is 16.4. The molecular weight excluding hydrogens is 218 g/mol.